The van der Waals surface area contributed by atoms with Crippen LogP contribution in [0.3, 0.4) is 0 Å². The second-order valence-electron chi connectivity index (χ2n) is 5.17. The molecule has 0 unspecified atom stereocenters. The molecule has 0 saturated carbocycles. The minimum absolute atomic E-state index is 0.0305. The van der Waals surface area contributed by atoms with Crippen molar-refractivity contribution >= 4 is 23.2 Å². The predicted octanol–water partition coefficient (Wildman–Crippen LogP) is 1.50. The first-order chi connectivity index (χ1) is 9.47. The molecule has 1 aromatic heterocycles. The van der Waals surface area contributed by atoms with Gasteiger partial charge >= 0.3 is 0 Å². The molecule has 0 aliphatic carbocycles. The van der Waals surface area contributed by atoms with Gasteiger partial charge in [0.2, 0.25) is 5.91 Å². The van der Waals surface area contributed by atoms with E-state index < -0.39 is 6.04 Å². The van der Waals surface area contributed by atoms with Gasteiger partial charge < -0.3 is 15.0 Å². The smallest absolute Gasteiger partial charge is 0.261 e. The van der Waals surface area contributed by atoms with Crippen molar-refractivity contribution in [3.05, 3.63) is 22.4 Å². The van der Waals surface area contributed by atoms with Gasteiger partial charge in [-0.15, -0.1) is 11.3 Å². The molecule has 1 aliphatic rings. The molecule has 0 aromatic carbocycles. The molecule has 2 amide bonds. The Labute approximate surface area is 122 Å². The highest BCUT2D eigenvalue weighted by Gasteiger charge is 2.29. The quantitative estimate of drug-likeness (QED) is 0.919. The Kier molecular flexibility index (Phi) is 4.77. The Balaban J connectivity index is 1.93. The minimum atomic E-state index is -0.526. The lowest BCUT2D eigenvalue weighted by Crippen LogP contribution is -2.54. The van der Waals surface area contributed by atoms with Crippen LogP contribution in [-0.2, 0) is 9.53 Å². The Morgan fingerprint density at radius 3 is 2.60 bits per heavy atom. The fourth-order valence-electron chi connectivity index (χ4n) is 2.37. The van der Waals surface area contributed by atoms with E-state index in [2.05, 4.69) is 5.32 Å². The van der Waals surface area contributed by atoms with Crippen molar-refractivity contribution < 1.29 is 14.3 Å². The third kappa shape index (κ3) is 3.58. The van der Waals surface area contributed by atoms with E-state index in [4.69, 9.17) is 4.74 Å². The second-order valence-corrected chi connectivity index (χ2v) is 6.12. The summed E-state index contributed by atoms with van der Waals surface area (Å²) in [6.45, 7) is 6.76. The summed E-state index contributed by atoms with van der Waals surface area (Å²) in [5.74, 6) is -0.257. The van der Waals surface area contributed by atoms with Gasteiger partial charge in [0.25, 0.3) is 5.91 Å². The molecular weight excluding hydrogens is 276 g/mol. The maximum absolute atomic E-state index is 12.4. The van der Waals surface area contributed by atoms with E-state index in [0.29, 0.717) is 18.0 Å². The van der Waals surface area contributed by atoms with Crippen LogP contribution in [0.4, 0.5) is 0 Å². The lowest BCUT2D eigenvalue weighted by Gasteiger charge is -2.36. The summed E-state index contributed by atoms with van der Waals surface area (Å²) in [7, 11) is 0. The molecule has 2 heterocycles. The average Bonchev–Trinajstić information content (AvgIpc) is 2.90. The normalized spacial score (nSPS) is 24.2. The van der Waals surface area contributed by atoms with E-state index >= 15 is 0 Å². The Morgan fingerprint density at radius 2 is 2.05 bits per heavy atom. The highest BCUT2D eigenvalue weighted by Crippen LogP contribution is 2.13. The Hall–Kier alpha value is -1.40. The molecule has 110 valence electrons. The predicted molar refractivity (Wildman–Crippen MR) is 77.8 cm³/mol. The fraction of sp³-hybridized carbons (Fsp3) is 0.571. The van der Waals surface area contributed by atoms with Gasteiger partial charge in [-0.25, -0.2) is 0 Å². The first-order valence-corrected chi connectivity index (χ1v) is 7.64. The SMILES string of the molecule is C[C@@H]1CN(C(=O)[C@H](C)NC(=O)c2cccs2)C[C@@H](C)O1. The maximum Gasteiger partial charge on any atom is 0.261 e. The monoisotopic (exact) mass is 296 g/mol. The van der Waals surface area contributed by atoms with Crippen LogP contribution in [0.15, 0.2) is 17.5 Å². The van der Waals surface area contributed by atoms with Crippen LogP contribution in [0.1, 0.15) is 30.4 Å². The summed E-state index contributed by atoms with van der Waals surface area (Å²) in [5, 5.41) is 4.59. The number of amides is 2. The number of thiophene rings is 1. The van der Waals surface area contributed by atoms with Crippen molar-refractivity contribution in [1.82, 2.24) is 10.2 Å². The van der Waals surface area contributed by atoms with Crippen LogP contribution in [0.5, 0.6) is 0 Å². The molecule has 1 N–H and O–H groups in total. The zero-order chi connectivity index (χ0) is 14.7. The number of hydrogen-bond donors (Lipinski definition) is 1. The van der Waals surface area contributed by atoms with Gasteiger partial charge in [0.15, 0.2) is 0 Å². The summed E-state index contributed by atoms with van der Waals surface area (Å²) < 4.78 is 5.61. The lowest BCUT2D eigenvalue weighted by atomic mass is 10.2. The summed E-state index contributed by atoms with van der Waals surface area (Å²) in [6.07, 6.45) is 0.0609. The van der Waals surface area contributed by atoms with E-state index in [0.717, 1.165) is 0 Å². The van der Waals surface area contributed by atoms with E-state index in [9.17, 15) is 9.59 Å². The molecule has 1 aliphatic heterocycles. The average molecular weight is 296 g/mol. The molecule has 1 fully saturated rings. The Morgan fingerprint density at radius 1 is 1.40 bits per heavy atom. The molecule has 3 atom stereocenters. The number of rotatable bonds is 3. The maximum atomic E-state index is 12.4. The molecule has 2 rings (SSSR count). The molecule has 0 radical (unpaired) electrons. The van der Waals surface area contributed by atoms with Gasteiger partial charge in [0.05, 0.1) is 17.1 Å². The van der Waals surface area contributed by atoms with E-state index in [-0.39, 0.29) is 24.0 Å². The third-order valence-electron chi connectivity index (χ3n) is 3.19. The van der Waals surface area contributed by atoms with Crippen molar-refractivity contribution in [1.29, 1.82) is 0 Å². The summed E-state index contributed by atoms with van der Waals surface area (Å²) >= 11 is 1.36. The molecule has 20 heavy (non-hydrogen) atoms. The standard InChI is InChI=1S/C14H20N2O3S/c1-9-7-16(8-10(2)19-9)14(18)11(3)15-13(17)12-5-4-6-20-12/h4-6,9-11H,7-8H2,1-3H3,(H,15,17)/t9-,10-,11+/m1/s1. The summed E-state index contributed by atoms with van der Waals surface area (Å²) in [6, 6.07) is 3.04. The van der Waals surface area contributed by atoms with Gasteiger partial charge in [-0.2, -0.15) is 0 Å². The van der Waals surface area contributed by atoms with Crippen LogP contribution in [0.25, 0.3) is 0 Å². The zero-order valence-corrected chi connectivity index (χ0v) is 12.8. The van der Waals surface area contributed by atoms with Gasteiger partial charge in [0, 0.05) is 13.1 Å². The molecule has 1 saturated heterocycles. The lowest BCUT2D eigenvalue weighted by molar-refractivity contribution is -0.144. The highest BCUT2D eigenvalue weighted by atomic mass is 32.1. The van der Waals surface area contributed by atoms with E-state index in [1.807, 2.05) is 25.3 Å². The van der Waals surface area contributed by atoms with Crippen molar-refractivity contribution in [2.75, 3.05) is 13.1 Å². The van der Waals surface area contributed by atoms with Crippen LogP contribution in [0.2, 0.25) is 0 Å². The first kappa shape index (κ1) is 15.0. The van der Waals surface area contributed by atoms with Crippen LogP contribution >= 0.6 is 11.3 Å². The van der Waals surface area contributed by atoms with Crippen LogP contribution in [0, 0.1) is 0 Å². The molecule has 0 bridgehead atoms. The molecular formula is C14H20N2O3S. The van der Waals surface area contributed by atoms with Crippen molar-refractivity contribution in [3.63, 3.8) is 0 Å². The van der Waals surface area contributed by atoms with Gasteiger partial charge in [-0.05, 0) is 32.2 Å². The molecule has 1 aromatic rings. The molecule has 5 nitrogen and oxygen atoms in total. The minimum Gasteiger partial charge on any atom is -0.372 e. The fourth-order valence-corrected chi connectivity index (χ4v) is 3.00. The number of carbonyl (C=O) groups is 2. The van der Waals surface area contributed by atoms with Crippen LogP contribution in [-0.4, -0.2) is 48.1 Å². The van der Waals surface area contributed by atoms with Gasteiger partial charge in [0.1, 0.15) is 6.04 Å². The topological polar surface area (TPSA) is 58.6 Å². The van der Waals surface area contributed by atoms with Crippen molar-refractivity contribution in [2.45, 2.75) is 39.0 Å². The summed E-state index contributed by atoms with van der Waals surface area (Å²) in [4.78, 5) is 26.7. The van der Waals surface area contributed by atoms with E-state index in [1.54, 1.807) is 17.9 Å². The number of ether oxygens (including phenoxy) is 1. The molecule has 0 spiro atoms. The third-order valence-corrected chi connectivity index (χ3v) is 4.06. The zero-order valence-electron chi connectivity index (χ0n) is 12.0. The van der Waals surface area contributed by atoms with Crippen molar-refractivity contribution in [2.24, 2.45) is 0 Å². The number of hydrogen-bond acceptors (Lipinski definition) is 4. The van der Waals surface area contributed by atoms with Gasteiger partial charge in [-0.1, -0.05) is 6.07 Å². The first-order valence-electron chi connectivity index (χ1n) is 6.76. The van der Waals surface area contributed by atoms with Gasteiger partial charge in [-0.3, -0.25) is 9.59 Å². The largest absolute Gasteiger partial charge is 0.372 e. The number of carbonyl (C=O) groups excluding carboxylic acids is 2. The number of morpholine rings is 1. The Bertz CT molecular complexity index is 465. The second kappa shape index (κ2) is 6.37. The van der Waals surface area contributed by atoms with Crippen LogP contribution < -0.4 is 5.32 Å². The van der Waals surface area contributed by atoms with Crippen molar-refractivity contribution in [3.8, 4) is 0 Å². The molecule has 6 heteroatoms. The number of nitrogens with zero attached hydrogens (tertiary/aromatic N) is 1. The number of nitrogens with one attached hydrogen (secondary N) is 1. The highest BCUT2D eigenvalue weighted by molar-refractivity contribution is 7.12. The summed E-state index contributed by atoms with van der Waals surface area (Å²) in [5.41, 5.74) is 0. The van der Waals surface area contributed by atoms with E-state index in [1.165, 1.54) is 11.3 Å².